The Labute approximate surface area is 872 Å². The second-order valence-corrected chi connectivity index (χ2v) is 34.1. The Kier molecular flexibility index (Phi) is 38.9. The third-order valence-corrected chi connectivity index (χ3v) is 22.5. The maximum absolute atomic E-state index is 12.8. The highest BCUT2D eigenvalue weighted by atomic mass is 35.5. The summed E-state index contributed by atoms with van der Waals surface area (Å²) in [5.41, 5.74) is 22.5. The molecule has 10 N–H and O–H groups in total. The van der Waals surface area contributed by atoms with E-state index in [1.54, 1.807) is 207 Å². The number of para-hydroxylation sites is 2. The molecule has 0 spiro atoms. The molecule has 0 aliphatic heterocycles. The van der Waals surface area contributed by atoms with Gasteiger partial charge < -0.3 is 53.2 Å². The van der Waals surface area contributed by atoms with Crippen molar-refractivity contribution in [1.82, 2.24) is 129 Å². The molecule has 44 heteroatoms. The number of hydrogen-bond donors (Lipinski definition) is 8. The van der Waals surface area contributed by atoms with Gasteiger partial charge in [0.1, 0.15) is 11.6 Å². The Morgan fingerprint density at radius 1 is 0.361 bits per heavy atom. The summed E-state index contributed by atoms with van der Waals surface area (Å²) in [5, 5.41) is 86.2. The zero-order valence-electron chi connectivity index (χ0n) is 76.4. The van der Waals surface area contributed by atoms with Crippen molar-refractivity contribution in [3.05, 3.63) is 369 Å². The maximum Gasteiger partial charge on any atom is 0.253 e. The van der Waals surface area contributed by atoms with Crippen molar-refractivity contribution in [2.24, 2.45) is 5.92 Å². The number of fused-ring (bicyclic) bond motifs is 5. The molecule has 0 saturated heterocycles. The fourth-order valence-electron chi connectivity index (χ4n) is 14.2. The zero-order valence-corrected chi connectivity index (χ0v) is 80.2. The minimum absolute atomic E-state index is 0. The van der Waals surface area contributed by atoms with E-state index in [0.29, 0.717) is 147 Å². The van der Waals surface area contributed by atoms with Crippen LogP contribution in [0, 0.1) is 5.92 Å². The zero-order chi connectivity index (χ0) is 99.1. The number of nitrogen functional groups attached to an aromatic ring is 2. The highest BCUT2D eigenvalue weighted by molar-refractivity contribution is 6.32. The molecule has 14 heterocycles. The van der Waals surface area contributed by atoms with Gasteiger partial charge in [-0.05, 0) is 231 Å². The monoisotopic (exact) mass is 2070 g/mol. The Bertz CT molecular complexity index is 7820. The summed E-state index contributed by atoms with van der Waals surface area (Å²) >= 11 is 30.1. The van der Waals surface area contributed by atoms with Crippen molar-refractivity contribution >= 4 is 190 Å². The van der Waals surface area contributed by atoms with Gasteiger partial charge in [0.2, 0.25) is 17.7 Å². The first-order valence-electron chi connectivity index (χ1n) is 43.9. The highest BCUT2D eigenvalue weighted by Crippen LogP contribution is 2.29. The van der Waals surface area contributed by atoms with Gasteiger partial charge >= 0.3 is 0 Å². The van der Waals surface area contributed by atoms with Gasteiger partial charge in [0.25, 0.3) is 5.91 Å². The number of benzene rings is 6. The molecule has 0 bridgehead atoms. The maximum atomic E-state index is 12.8. The standard InChI is InChI=1S/2C20H18ClN7O.C20H20ClN7.2C19H16ClN7O.5CH4/c1-27(16-8-3-2-7-15(16)22)20(29)12-19-25-24-18-10-9-17(26-28(18)19)23-14-6-4-5-13(21)11-14;1-27(13-16-6-2-3-10-22-16)20(29)12-19-25-24-18-9-8-17(26-28(18)19)23-15-7-4-5-14(21)11-15;1-13(10-14-4-3-9-23-20(14)22)11-19-26-25-18-8-7-17(27-28(18)19)24-16-6-2-5-15(21)12-16;1-12(22-19(28)13-4-3-9-21-11-13)18-25-24-17-8-7-16(26-27(17)18)23-15-6-2-5-14(20)10-15;1-26(16-7-2-3-10-21-16)19(28)12-18-24-23-17-9-8-15(25-27(17)18)22-14-6-4-5-13(20)11-14;;;;;/h2-11H,12,22H2,1H3,(H,23,26);2-11H,12-13H2,1H3,(H,23,26);2-9,12-13H,10-11H2,1H3,(H2,22,23)(H,24,27);2-12H,1H3,(H,22,28)(H,23,26);2-11H,12H2,1H3,(H,22,25);5*1H4/t;;;12-;;;;;;/m...1....../s1. The van der Waals surface area contributed by atoms with E-state index >= 15 is 0 Å². The first-order chi connectivity index (χ1) is 68.9. The third kappa shape index (κ3) is 29.4. The molecule has 0 aliphatic carbocycles. The predicted octanol–water partition coefficient (Wildman–Crippen LogP) is 20.1. The Morgan fingerprint density at radius 3 is 1.15 bits per heavy atom. The predicted molar refractivity (Wildman–Crippen MR) is 580 cm³/mol. The second-order valence-electron chi connectivity index (χ2n) is 31.9. The van der Waals surface area contributed by atoms with Crippen LogP contribution >= 0.6 is 58.0 Å². The van der Waals surface area contributed by atoms with Gasteiger partial charge in [0, 0.05) is 112 Å². The van der Waals surface area contributed by atoms with Gasteiger partial charge in [-0.3, -0.25) is 34.0 Å². The Morgan fingerprint density at radius 2 is 0.741 bits per heavy atom. The number of amides is 4. The SMILES string of the molecule is C.C.C.C.C.CC(Cc1cccnc1N)Cc1nnc2ccc(Nc3cccc(Cl)c3)nn12.CN(C(=O)Cc1nnc2ccc(Nc3cccc(Cl)c3)nn12)c1ccccc1N.CN(C(=O)Cc1nnc2ccc(Nc3cccc(Cl)c3)nn12)c1ccccn1.CN(Cc1ccccn1)C(=O)Cc1nnc2ccc(Nc3cccc(Cl)c3)nn12.C[C@@H](NC(=O)c1cccnc1)c1nnc2ccc(Nc3cccc(Cl)c3)nn12. The summed E-state index contributed by atoms with van der Waals surface area (Å²) in [7, 11) is 5.09. The van der Waals surface area contributed by atoms with Crippen molar-refractivity contribution in [3.63, 3.8) is 0 Å². The average molecular weight is 2080 g/mol. The van der Waals surface area contributed by atoms with E-state index in [2.05, 4.69) is 135 Å². The van der Waals surface area contributed by atoms with Crippen molar-refractivity contribution < 1.29 is 19.2 Å². The average Bonchev–Trinajstić information content (AvgIpc) is 1.68. The number of nitrogens with zero attached hydrogens (tertiary/aromatic N) is 27. The summed E-state index contributed by atoms with van der Waals surface area (Å²) in [4.78, 5) is 71.5. The topological polar surface area (TPSA) is 469 Å². The van der Waals surface area contributed by atoms with Crippen LogP contribution in [0.3, 0.4) is 0 Å². The lowest BCUT2D eigenvalue weighted by atomic mass is 9.98. The van der Waals surface area contributed by atoms with Gasteiger partial charge in [-0.2, -0.15) is 22.6 Å². The molecule has 0 radical (unpaired) electrons. The van der Waals surface area contributed by atoms with Crippen LogP contribution in [0.1, 0.15) is 108 Å². The van der Waals surface area contributed by atoms with Gasteiger partial charge in [0.05, 0.1) is 54.5 Å². The largest absolute Gasteiger partial charge is 0.397 e. The number of carbonyl (C=O) groups excluding carboxylic acids is 4. The first-order valence-corrected chi connectivity index (χ1v) is 45.8. The van der Waals surface area contributed by atoms with Crippen molar-refractivity contribution in [1.29, 1.82) is 0 Å². The van der Waals surface area contributed by atoms with Gasteiger partial charge in [-0.25, -0.2) is 9.97 Å². The lowest BCUT2D eigenvalue weighted by Gasteiger charge is -2.18. The summed E-state index contributed by atoms with van der Waals surface area (Å²) in [6.07, 6.45) is 9.87. The van der Waals surface area contributed by atoms with E-state index in [9.17, 15) is 19.2 Å². The second kappa shape index (κ2) is 52.0. The molecule has 1 unspecified atom stereocenters. The van der Waals surface area contributed by atoms with Crippen LogP contribution in [0.2, 0.25) is 25.1 Å². The summed E-state index contributed by atoms with van der Waals surface area (Å²) in [6.45, 7) is 4.40. The molecule has 20 aromatic rings. The fourth-order valence-corrected chi connectivity index (χ4v) is 15.2. The number of nitrogens with two attached hydrogens (primary N) is 2. The number of pyridine rings is 4. The van der Waals surface area contributed by atoms with E-state index in [0.717, 1.165) is 58.4 Å². The first kappa shape index (κ1) is 110. The lowest BCUT2D eigenvalue weighted by Crippen LogP contribution is -2.29. The molecule has 147 heavy (non-hydrogen) atoms. The smallest absolute Gasteiger partial charge is 0.253 e. The molecule has 39 nitrogen and oxygen atoms in total. The van der Waals surface area contributed by atoms with Crippen LogP contribution in [0.4, 0.5) is 80.5 Å². The van der Waals surface area contributed by atoms with Crippen molar-refractivity contribution in [3.8, 4) is 0 Å². The van der Waals surface area contributed by atoms with Gasteiger partial charge in [0.15, 0.2) is 86.4 Å². The quantitative estimate of drug-likeness (QED) is 0.0222. The number of halogens is 5. The molecule has 0 saturated carbocycles. The van der Waals surface area contributed by atoms with E-state index in [4.69, 9.17) is 69.5 Å². The number of nitrogens with one attached hydrogen (secondary N) is 6. The summed E-state index contributed by atoms with van der Waals surface area (Å²) in [6, 6.07) is 80.0. The highest BCUT2D eigenvalue weighted by Gasteiger charge is 2.25. The number of aromatic nitrogens is 24. The Hall–Kier alpha value is -17.4. The molecule has 0 fully saturated rings. The number of likely N-dealkylation sites (N-methyl/N-ethyl adjacent to an activating group) is 3. The fraction of sp³-hybridized carbons (Fsp3) is 0.175. The van der Waals surface area contributed by atoms with Crippen molar-refractivity contribution in [2.45, 2.75) is 95.7 Å². The molecular weight excluding hydrogens is 1970 g/mol. The third-order valence-electron chi connectivity index (χ3n) is 21.3. The number of rotatable bonds is 27. The molecule has 754 valence electrons. The molecule has 6 aromatic carbocycles. The number of hydrogen-bond acceptors (Lipinski definition) is 30. The molecule has 4 amide bonds. The van der Waals surface area contributed by atoms with Gasteiger partial charge in [-0.1, -0.05) is 163 Å². The molecule has 20 rings (SSSR count). The van der Waals surface area contributed by atoms with Crippen molar-refractivity contribution in [2.75, 3.05) is 69.0 Å². The molecule has 2 atom stereocenters. The number of anilines is 14. The van der Waals surface area contributed by atoms with Crippen LogP contribution in [-0.2, 0) is 53.0 Å². The number of carbonyl (C=O) groups is 4. The van der Waals surface area contributed by atoms with E-state index < -0.39 is 6.04 Å². The summed E-state index contributed by atoms with van der Waals surface area (Å²) in [5.74, 6) is 6.48. The van der Waals surface area contributed by atoms with Crippen LogP contribution < -0.4 is 53.2 Å². The van der Waals surface area contributed by atoms with E-state index in [-0.39, 0.29) is 80.0 Å². The minimum atomic E-state index is -0.406. The van der Waals surface area contributed by atoms with Gasteiger partial charge in [-0.15, -0.1) is 76.5 Å². The van der Waals surface area contributed by atoms with E-state index in [1.807, 2.05) is 140 Å². The lowest BCUT2D eigenvalue weighted by molar-refractivity contribution is -0.130. The van der Waals surface area contributed by atoms with Crippen LogP contribution in [-0.4, -0.2) is 169 Å². The van der Waals surface area contributed by atoms with Crippen LogP contribution in [0.5, 0.6) is 0 Å². The molecule has 14 aromatic heterocycles. The minimum Gasteiger partial charge on any atom is -0.397 e. The molecular formula is C103H108Cl5N35O4. The Balaban J connectivity index is 0.000000173. The summed E-state index contributed by atoms with van der Waals surface area (Å²) < 4.78 is 8.04. The van der Waals surface area contributed by atoms with E-state index in [1.165, 1.54) is 16.0 Å². The normalized spacial score (nSPS) is 10.9. The van der Waals surface area contributed by atoms with Crippen LogP contribution in [0.25, 0.3) is 28.2 Å². The molecule has 0 aliphatic rings. The van der Waals surface area contributed by atoms with Crippen LogP contribution in [0.15, 0.2) is 298 Å².